The number of amides is 1. The standard InChI is InChI=1S/C20H24FN3O2/c21-17-5-1-15(2-6-17)4-8-20(25)24-11-12-26-18(14-24)7-3-16-9-10-23-19(22)13-16/h1-2,5-6,9-10,13,18H,3-4,7-8,11-12,14H2,(H2,22,23)/t18-/m0/s1. The Hall–Kier alpha value is -2.47. The Labute approximate surface area is 153 Å². The molecule has 1 amide bonds. The van der Waals surface area contributed by atoms with Crippen molar-refractivity contribution in [1.82, 2.24) is 9.88 Å². The van der Waals surface area contributed by atoms with Crippen LogP contribution in [0.4, 0.5) is 10.2 Å². The number of carbonyl (C=O) groups excluding carboxylic acids is 1. The van der Waals surface area contributed by atoms with Gasteiger partial charge in [-0.15, -0.1) is 0 Å². The van der Waals surface area contributed by atoms with Crippen molar-refractivity contribution in [3.63, 3.8) is 0 Å². The molecule has 0 unspecified atom stereocenters. The molecular formula is C20H24FN3O2. The highest BCUT2D eigenvalue weighted by molar-refractivity contribution is 5.76. The monoisotopic (exact) mass is 357 g/mol. The largest absolute Gasteiger partial charge is 0.384 e. The van der Waals surface area contributed by atoms with Gasteiger partial charge in [-0.05, 0) is 54.7 Å². The van der Waals surface area contributed by atoms with Gasteiger partial charge in [-0.25, -0.2) is 9.37 Å². The van der Waals surface area contributed by atoms with Gasteiger partial charge in [-0.1, -0.05) is 12.1 Å². The molecule has 138 valence electrons. The Balaban J connectivity index is 1.46. The summed E-state index contributed by atoms with van der Waals surface area (Å²) in [6.45, 7) is 1.80. The number of anilines is 1. The highest BCUT2D eigenvalue weighted by Gasteiger charge is 2.23. The first kappa shape index (κ1) is 18.3. The molecule has 2 heterocycles. The first-order valence-corrected chi connectivity index (χ1v) is 8.94. The first-order chi connectivity index (χ1) is 12.6. The second-order valence-electron chi connectivity index (χ2n) is 6.59. The lowest BCUT2D eigenvalue weighted by Gasteiger charge is -2.33. The third-order valence-electron chi connectivity index (χ3n) is 4.63. The molecule has 26 heavy (non-hydrogen) atoms. The minimum atomic E-state index is -0.257. The van der Waals surface area contributed by atoms with Crippen LogP contribution in [-0.4, -0.2) is 41.6 Å². The summed E-state index contributed by atoms with van der Waals surface area (Å²) in [6.07, 6.45) is 4.47. The van der Waals surface area contributed by atoms with Crippen LogP contribution in [0.25, 0.3) is 0 Å². The van der Waals surface area contributed by atoms with E-state index in [9.17, 15) is 9.18 Å². The minimum absolute atomic E-state index is 0.0351. The number of nitrogen functional groups attached to an aromatic ring is 1. The third kappa shape index (κ3) is 5.26. The van der Waals surface area contributed by atoms with Gasteiger partial charge in [0.1, 0.15) is 11.6 Å². The number of aromatic nitrogens is 1. The molecule has 1 aliphatic heterocycles. The van der Waals surface area contributed by atoms with E-state index in [-0.39, 0.29) is 17.8 Å². The summed E-state index contributed by atoms with van der Waals surface area (Å²) in [5, 5.41) is 0. The summed E-state index contributed by atoms with van der Waals surface area (Å²) in [7, 11) is 0. The van der Waals surface area contributed by atoms with Gasteiger partial charge >= 0.3 is 0 Å². The van der Waals surface area contributed by atoms with E-state index in [1.807, 2.05) is 17.0 Å². The summed E-state index contributed by atoms with van der Waals surface area (Å²) in [5.74, 6) is 0.382. The molecule has 0 saturated carbocycles. The highest BCUT2D eigenvalue weighted by atomic mass is 19.1. The molecule has 6 heteroatoms. The van der Waals surface area contributed by atoms with Crippen molar-refractivity contribution in [2.24, 2.45) is 0 Å². The van der Waals surface area contributed by atoms with Gasteiger partial charge in [0.25, 0.3) is 0 Å². The zero-order valence-electron chi connectivity index (χ0n) is 14.7. The summed E-state index contributed by atoms with van der Waals surface area (Å²) in [4.78, 5) is 18.3. The van der Waals surface area contributed by atoms with Gasteiger partial charge in [0, 0.05) is 25.7 Å². The molecule has 1 aromatic carbocycles. The summed E-state index contributed by atoms with van der Waals surface area (Å²) in [5.41, 5.74) is 7.80. The smallest absolute Gasteiger partial charge is 0.223 e. The summed E-state index contributed by atoms with van der Waals surface area (Å²) < 4.78 is 18.7. The number of morpholine rings is 1. The summed E-state index contributed by atoms with van der Waals surface area (Å²) >= 11 is 0. The fraction of sp³-hybridized carbons (Fsp3) is 0.400. The Morgan fingerprint density at radius 1 is 1.23 bits per heavy atom. The Morgan fingerprint density at radius 3 is 2.81 bits per heavy atom. The van der Waals surface area contributed by atoms with Crippen LogP contribution in [0.15, 0.2) is 42.6 Å². The molecule has 0 radical (unpaired) electrons. The van der Waals surface area contributed by atoms with Crippen LogP contribution in [0.2, 0.25) is 0 Å². The Morgan fingerprint density at radius 2 is 2.04 bits per heavy atom. The van der Waals surface area contributed by atoms with Crippen LogP contribution in [0.5, 0.6) is 0 Å². The lowest BCUT2D eigenvalue weighted by Crippen LogP contribution is -2.45. The number of hydrogen-bond donors (Lipinski definition) is 1. The number of carbonyl (C=O) groups is 1. The molecule has 2 aromatic rings. The van der Waals surface area contributed by atoms with E-state index in [1.54, 1.807) is 18.3 Å². The maximum absolute atomic E-state index is 12.9. The number of nitrogens with zero attached hydrogens (tertiary/aromatic N) is 2. The predicted octanol–water partition coefficient (Wildman–Crippen LogP) is 2.60. The minimum Gasteiger partial charge on any atom is -0.384 e. The molecule has 3 rings (SSSR count). The number of rotatable bonds is 6. The van der Waals surface area contributed by atoms with E-state index < -0.39 is 0 Å². The van der Waals surface area contributed by atoms with Crippen LogP contribution in [0, 0.1) is 5.82 Å². The lowest BCUT2D eigenvalue weighted by atomic mass is 10.1. The topological polar surface area (TPSA) is 68.5 Å². The number of halogens is 1. The van der Waals surface area contributed by atoms with Crippen molar-refractivity contribution in [1.29, 1.82) is 0 Å². The number of nitrogens with two attached hydrogens (primary N) is 1. The van der Waals surface area contributed by atoms with Gasteiger partial charge in [0.2, 0.25) is 5.91 Å². The molecule has 1 saturated heterocycles. The molecule has 1 atom stereocenters. The SMILES string of the molecule is Nc1cc(CC[C@H]2CN(C(=O)CCc3ccc(F)cc3)CCO2)ccn1. The maximum atomic E-state index is 12.9. The average Bonchev–Trinajstić information content (AvgIpc) is 2.66. The fourth-order valence-electron chi connectivity index (χ4n) is 3.16. The molecule has 5 nitrogen and oxygen atoms in total. The van der Waals surface area contributed by atoms with Crippen LogP contribution < -0.4 is 5.73 Å². The number of benzene rings is 1. The van der Waals surface area contributed by atoms with E-state index >= 15 is 0 Å². The lowest BCUT2D eigenvalue weighted by molar-refractivity contribution is -0.138. The van der Waals surface area contributed by atoms with Crippen molar-refractivity contribution in [2.75, 3.05) is 25.4 Å². The van der Waals surface area contributed by atoms with Crippen molar-refractivity contribution in [2.45, 2.75) is 31.8 Å². The van der Waals surface area contributed by atoms with Gasteiger partial charge in [0.05, 0.1) is 12.7 Å². The molecule has 2 N–H and O–H groups in total. The van der Waals surface area contributed by atoms with Crippen LogP contribution in [0.1, 0.15) is 24.0 Å². The van der Waals surface area contributed by atoms with Crippen molar-refractivity contribution < 1.29 is 13.9 Å². The first-order valence-electron chi connectivity index (χ1n) is 8.94. The van der Waals surface area contributed by atoms with E-state index in [0.29, 0.717) is 38.4 Å². The second-order valence-corrected chi connectivity index (χ2v) is 6.59. The van der Waals surface area contributed by atoms with Gasteiger partial charge in [-0.2, -0.15) is 0 Å². The average molecular weight is 357 g/mol. The van der Waals surface area contributed by atoms with Crippen LogP contribution in [0.3, 0.4) is 0 Å². The molecule has 1 aliphatic rings. The normalized spacial score (nSPS) is 17.3. The van der Waals surface area contributed by atoms with Crippen LogP contribution >= 0.6 is 0 Å². The Kier molecular flexibility index (Phi) is 6.17. The molecule has 0 spiro atoms. The fourth-order valence-corrected chi connectivity index (χ4v) is 3.16. The van der Waals surface area contributed by atoms with Crippen molar-refractivity contribution in [3.8, 4) is 0 Å². The maximum Gasteiger partial charge on any atom is 0.223 e. The third-order valence-corrected chi connectivity index (χ3v) is 4.63. The van der Waals surface area contributed by atoms with Crippen molar-refractivity contribution >= 4 is 11.7 Å². The number of ether oxygens (including phenoxy) is 1. The second kappa shape index (κ2) is 8.76. The van der Waals surface area contributed by atoms with Gasteiger partial charge in [-0.3, -0.25) is 4.79 Å². The quantitative estimate of drug-likeness (QED) is 0.863. The van der Waals surface area contributed by atoms with Gasteiger partial charge in [0.15, 0.2) is 0 Å². The number of aryl methyl sites for hydroxylation is 2. The Bertz CT molecular complexity index is 736. The zero-order chi connectivity index (χ0) is 18.4. The zero-order valence-corrected chi connectivity index (χ0v) is 14.7. The number of pyridine rings is 1. The predicted molar refractivity (Wildman–Crippen MR) is 98.0 cm³/mol. The van der Waals surface area contributed by atoms with Crippen LogP contribution in [-0.2, 0) is 22.4 Å². The van der Waals surface area contributed by atoms with Crippen molar-refractivity contribution in [3.05, 3.63) is 59.5 Å². The van der Waals surface area contributed by atoms with E-state index in [4.69, 9.17) is 10.5 Å². The molecule has 1 aromatic heterocycles. The summed E-state index contributed by atoms with van der Waals surface area (Å²) in [6, 6.07) is 10.1. The molecular weight excluding hydrogens is 333 g/mol. The molecule has 1 fully saturated rings. The molecule has 0 aliphatic carbocycles. The van der Waals surface area contributed by atoms with Gasteiger partial charge < -0.3 is 15.4 Å². The van der Waals surface area contributed by atoms with E-state index in [0.717, 1.165) is 24.0 Å². The van der Waals surface area contributed by atoms with E-state index in [2.05, 4.69) is 4.98 Å². The number of hydrogen-bond acceptors (Lipinski definition) is 4. The highest BCUT2D eigenvalue weighted by Crippen LogP contribution is 2.15. The molecule has 0 bridgehead atoms. The van der Waals surface area contributed by atoms with E-state index in [1.165, 1.54) is 12.1 Å².